The molecule has 0 aliphatic carbocycles. The van der Waals surface area contributed by atoms with Crippen molar-refractivity contribution in [2.45, 2.75) is 19.3 Å². The van der Waals surface area contributed by atoms with Crippen LogP contribution in [0.5, 0.6) is 5.75 Å². The molecule has 1 aliphatic rings. The minimum atomic E-state index is 0.0408. The number of carbonyl (C=O) groups excluding carboxylic acids is 1. The van der Waals surface area contributed by atoms with Crippen LogP contribution in [0.3, 0.4) is 0 Å². The van der Waals surface area contributed by atoms with Crippen molar-refractivity contribution in [3.8, 4) is 5.75 Å². The molecule has 0 spiro atoms. The van der Waals surface area contributed by atoms with Crippen molar-refractivity contribution in [1.82, 2.24) is 0 Å². The maximum Gasteiger partial charge on any atom is 0.226 e. The Morgan fingerprint density at radius 2 is 1.76 bits per heavy atom. The predicted octanol–water partition coefficient (Wildman–Crippen LogP) is 2.93. The molecule has 21 heavy (non-hydrogen) atoms. The second-order valence-electron chi connectivity index (χ2n) is 5.19. The molecule has 0 bridgehead atoms. The fourth-order valence-corrected chi connectivity index (χ4v) is 2.63. The Hall–Kier alpha value is -2.49. The maximum atomic E-state index is 11.6. The fourth-order valence-electron chi connectivity index (χ4n) is 2.63. The molecule has 1 aliphatic heterocycles. The summed E-state index contributed by atoms with van der Waals surface area (Å²) in [5, 5.41) is 16.1. The molecule has 0 aromatic heterocycles. The zero-order valence-electron chi connectivity index (χ0n) is 11.7. The Morgan fingerprint density at radius 1 is 1.00 bits per heavy atom. The van der Waals surface area contributed by atoms with E-state index < -0.39 is 0 Å². The summed E-state index contributed by atoms with van der Waals surface area (Å²) >= 11 is 0. The van der Waals surface area contributed by atoms with Crippen LogP contribution < -0.4 is 10.6 Å². The number of fused-ring (bicyclic) bond motifs is 1. The predicted molar refractivity (Wildman–Crippen MR) is 83.7 cm³/mol. The highest BCUT2D eigenvalue weighted by atomic mass is 16.3. The molecule has 0 fully saturated rings. The van der Waals surface area contributed by atoms with Gasteiger partial charge in [-0.3, -0.25) is 4.79 Å². The lowest BCUT2D eigenvalue weighted by molar-refractivity contribution is -0.115. The molecular weight excluding hydrogens is 264 g/mol. The third-order valence-electron chi connectivity index (χ3n) is 3.73. The lowest BCUT2D eigenvalue weighted by Gasteiger charge is -2.14. The van der Waals surface area contributed by atoms with Crippen LogP contribution >= 0.6 is 0 Å². The second-order valence-corrected chi connectivity index (χ2v) is 5.19. The van der Waals surface area contributed by atoms with Crippen molar-refractivity contribution in [1.29, 1.82) is 0 Å². The number of hydrogen-bond donors (Lipinski definition) is 3. The monoisotopic (exact) mass is 282 g/mol. The molecule has 4 nitrogen and oxygen atoms in total. The molecule has 1 heterocycles. The van der Waals surface area contributed by atoms with Crippen LogP contribution in [0, 0.1) is 0 Å². The van der Waals surface area contributed by atoms with Gasteiger partial charge >= 0.3 is 0 Å². The Balaban J connectivity index is 1.82. The molecule has 3 N–H and O–H groups in total. The summed E-state index contributed by atoms with van der Waals surface area (Å²) in [5.74, 6) is 0.375. The van der Waals surface area contributed by atoms with E-state index in [1.165, 1.54) is 0 Å². The number of amides is 1. The molecule has 0 atom stereocenters. The van der Waals surface area contributed by atoms with E-state index >= 15 is 0 Å². The third-order valence-corrected chi connectivity index (χ3v) is 3.73. The average Bonchev–Trinajstić information content (AvgIpc) is 2.67. The van der Waals surface area contributed by atoms with E-state index in [0.717, 1.165) is 35.3 Å². The Bertz CT molecular complexity index is 668. The van der Waals surface area contributed by atoms with Crippen molar-refractivity contribution >= 4 is 17.3 Å². The van der Waals surface area contributed by atoms with Crippen molar-refractivity contribution in [2.24, 2.45) is 0 Å². The van der Waals surface area contributed by atoms with Crippen LogP contribution in [0.4, 0.5) is 11.4 Å². The van der Waals surface area contributed by atoms with Gasteiger partial charge < -0.3 is 15.7 Å². The smallest absolute Gasteiger partial charge is 0.226 e. The minimum Gasteiger partial charge on any atom is -0.508 e. The minimum absolute atomic E-state index is 0.0408. The summed E-state index contributed by atoms with van der Waals surface area (Å²) < 4.78 is 0. The Kier molecular flexibility index (Phi) is 3.77. The van der Waals surface area contributed by atoms with Crippen molar-refractivity contribution < 1.29 is 9.90 Å². The lowest BCUT2D eigenvalue weighted by atomic mass is 10.0. The van der Waals surface area contributed by atoms with E-state index in [0.29, 0.717) is 18.7 Å². The first-order valence-corrected chi connectivity index (χ1v) is 7.16. The summed E-state index contributed by atoms with van der Waals surface area (Å²) in [6.45, 7) is 0.645. The van der Waals surface area contributed by atoms with Crippen LogP contribution in [0.15, 0.2) is 42.5 Å². The normalized spacial score (nSPS) is 13.8. The molecule has 3 rings (SSSR count). The number of aromatic hydroxyl groups is 1. The highest BCUT2D eigenvalue weighted by molar-refractivity contribution is 5.96. The van der Waals surface area contributed by atoms with Gasteiger partial charge in [-0.25, -0.2) is 0 Å². The molecule has 0 unspecified atom stereocenters. The fraction of sp³-hybridized carbons (Fsp3) is 0.235. The number of para-hydroxylation sites is 2. The summed E-state index contributed by atoms with van der Waals surface area (Å²) in [7, 11) is 0. The van der Waals surface area contributed by atoms with Crippen molar-refractivity contribution in [3.63, 3.8) is 0 Å². The first kappa shape index (κ1) is 13.5. The SMILES string of the molecule is O=C1CCNc2c(CCc3ccccc3O)cccc2N1. The number of hydrogen-bond acceptors (Lipinski definition) is 3. The summed E-state index contributed by atoms with van der Waals surface area (Å²) in [4.78, 5) is 11.6. The summed E-state index contributed by atoms with van der Waals surface area (Å²) in [6.07, 6.45) is 2.05. The van der Waals surface area contributed by atoms with Crippen LogP contribution in [0.25, 0.3) is 0 Å². The van der Waals surface area contributed by atoms with E-state index in [1.807, 2.05) is 30.3 Å². The number of rotatable bonds is 3. The van der Waals surface area contributed by atoms with Gasteiger partial charge in [0.25, 0.3) is 0 Å². The van der Waals surface area contributed by atoms with Crippen LogP contribution in [0.1, 0.15) is 17.5 Å². The summed E-state index contributed by atoms with van der Waals surface area (Å²) in [5.41, 5.74) is 3.93. The molecule has 0 saturated carbocycles. The highest BCUT2D eigenvalue weighted by Crippen LogP contribution is 2.30. The van der Waals surface area contributed by atoms with Gasteiger partial charge in [0.1, 0.15) is 5.75 Å². The number of anilines is 2. The number of phenols is 1. The zero-order chi connectivity index (χ0) is 14.7. The molecule has 1 amide bonds. The Morgan fingerprint density at radius 3 is 2.62 bits per heavy atom. The van der Waals surface area contributed by atoms with Gasteiger partial charge in [-0.05, 0) is 36.1 Å². The van der Waals surface area contributed by atoms with Crippen molar-refractivity contribution in [2.75, 3.05) is 17.2 Å². The lowest BCUT2D eigenvalue weighted by Crippen LogP contribution is -2.10. The zero-order valence-corrected chi connectivity index (χ0v) is 11.7. The topological polar surface area (TPSA) is 61.4 Å². The largest absolute Gasteiger partial charge is 0.508 e. The van der Waals surface area contributed by atoms with E-state index in [2.05, 4.69) is 16.7 Å². The van der Waals surface area contributed by atoms with Gasteiger partial charge in [0.15, 0.2) is 0 Å². The third kappa shape index (κ3) is 2.99. The van der Waals surface area contributed by atoms with E-state index in [9.17, 15) is 9.90 Å². The molecular formula is C17H18N2O2. The van der Waals surface area contributed by atoms with Gasteiger partial charge in [0.05, 0.1) is 11.4 Å². The molecule has 0 saturated heterocycles. The maximum absolute atomic E-state index is 11.6. The van der Waals surface area contributed by atoms with Gasteiger partial charge in [-0.2, -0.15) is 0 Å². The van der Waals surface area contributed by atoms with Gasteiger partial charge in [0, 0.05) is 13.0 Å². The van der Waals surface area contributed by atoms with Crippen molar-refractivity contribution in [3.05, 3.63) is 53.6 Å². The quantitative estimate of drug-likeness (QED) is 0.811. The van der Waals surface area contributed by atoms with Crippen LogP contribution in [-0.2, 0) is 17.6 Å². The van der Waals surface area contributed by atoms with E-state index in [4.69, 9.17) is 0 Å². The molecule has 4 heteroatoms. The number of benzene rings is 2. The molecule has 108 valence electrons. The standard InChI is InChI=1S/C17H18N2O2/c20-15-7-2-1-4-12(15)8-9-13-5-3-6-14-17(13)18-11-10-16(21)19-14/h1-7,18,20H,8-11H2,(H,19,21). The first-order valence-electron chi connectivity index (χ1n) is 7.16. The molecule has 2 aromatic carbocycles. The first-order chi connectivity index (χ1) is 10.2. The van der Waals surface area contributed by atoms with E-state index in [1.54, 1.807) is 6.07 Å². The van der Waals surface area contributed by atoms with Gasteiger partial charge in [-0.15, -0.1) is 0 Å². The van der Waals surface area contributed by atoms with Crippen LogP contribution in [-0.4, -0.2) is 17.6 Å². The number of aryl methyl sites for hydroxylation is 2. The van der Waals surface area contributed by atoms with Gasteiger partial charge in [0.2, 0.25) is 5.91 Å². The number of carbonyl (C=O) groups is 1. The summed E-state index contributed by atoms with van der Waals surface area (Å²) in [6, 6.07) is 13.3. The Labute approximate surface area is 123 Å². The molecule has 0 radical (unpaired) electrons. The average molecular weight is 282 g/mol. The highest BCUT2D eigenvalue weighted by Gasteiger charge is 2.15. The second kappa shape index (κ2) is 5.87. The van der Waals surface area contributed by atoms with Gasteiger partial charge in [-0.1, -0.05) is 30.3 Å². The van der Waals surface area contributed by atoms with Crippen LogP contribution in [0.2, 0.25) is 0 Å². The number of phenolic OH excluding ortho intramolecular Hbond substituents is 1. The van der Waals surface area contributed by atoms with E-state index in [-0.39, 0.29) is 5.91 Å². The molecule has 2 aromatic rings. The number of nitrogens with one attached hydrogen (secondary N) is 2.